The SMILES string of the molecule is Cl.Cl.O=C1C(=O)N(Cc2cccc(-c3cccnc3)c2)c2ccc(-c3cccnc3)cc21. The Hall–Kier alpha value is -3.54. The third-order valence-electron chi connectivity index (χ3n) is 5.23. The summed E-state index contributed by atoms with van der Waals surface area (Å²) >= 11 is 0. The molecule has 0 fully saturated rings. The summed E-state index contributed by atoms with van der Waals surface area (Å²) in [5.41, 5.74) is 5.82. The molecule has 0 N–H and O–H groups in total. The number of hydrogen-bond donors (Lipinski definition) is 0. The van der Waals surface area contributed by atoms with Crippen LogP contribution >= 0.6 is 24.8 Å². The van der Waals surface area contributed by atoms with Gasteiger partial charge in [-0.05, 0) is 52.6 Å². The largest absolute Gasteiger partial charge is 0.300 e. The standard InChI is InChI=1S/C25H17N3O2.2ClH/c29-24-22-13-19(21-7-3-11-27-15-21)8-9-23(22)28(25(24)30)16-17-4-1-5-18(12-17)20-6-2-10-26-14-20;;/h1-15H,16H2;2*1H. The predicted octanol–water partition coefficient (Wildman–Crippen LogP) is 5.38. The number of anilines is 1. The first-order valence-electron chi connectivity index (χ1n) is 9.61. The molecule has 2 aromatic heterocycles. The second-order valence-electron chi connectivity index (χ2n) is 7.14. The average molecular weight is 464 g/mol. The van der Waals surface area contributed by atoms with Gasteiger partial charge < -0.3 is 4.90 Å². The number of fused-ring (bicyclic) bond motifs is 1. The summed E-state index contributed by atoms with van der Waals surface area (Å²) in [5.74, 6) is -0.973. The molecule has 4 aromatic rings. The summed E-state index contributed by atoms with van der Waals surface area (Å²) in [4.78, 5) is 35.2. The summed E-state index contributed by atoms with van der Waals surface area (Å²) in [6.07, 6.45) is 6.98. The van der Waals surface area contributed by atoms with E-state index in [-0.39, 0.29) is 24.8 Å². The van der Waals surface area contributed by atoms with Gasteiger partial charge in [0.15, 0.2) is 0 Å². The van der Waals surface area contributed by atoms with Crippen LogP contribution < -0.4 is 4.90 Å². The molecule has 0 aliphatic carbocycles. The monoisotopic (exact) mass is 463 g/mol. The zero-order valence-electron chi connectivity index (χ0n) is 16.8. The molecule has 0 saturated carbocycles. The molecule has 5 nitrogen and oxygen atoms in total. The Morgan fingerprint density at radius 2 is 1.31 bits per heavy atom. The highest BCUT2D eigenvalue weighted by molar-refractivity contribution is 6.52. The summed E-state index contributed by atoms with van der Waals surface area (Å²) in [6.45, 7) is 0.331. The van der Waals surface area contributed by atoms with Crippen LogP contribution in [0.4, 0.5) is 5.69 Å². The number of nitrogens with zero attached hydrogens (tertiary/aromatic N) is 3. The predicted molar refractivity (Wildman–Crippen MR) is 129 cm³/mol. The van der Waals surface area contributed by atoms with E-state index < -0.39 is 11.7 Å². The van der Waals surface area contributed by atoms with Gasteiger partial charge in [0, 0.05) is 30.4 Å². The molecular formula is C25H19Cl2N3O2. The summed E-state index contributed by atoms with van der Waals surface area (Å²) in [5, 5.41) is 0. The van der Waals surface area contributed by atoms with Crippen LogP contribution in [0.25, 0.3) is 22.3 Å². The number of aromatic nitrogens is 2. The number of amides is 1. The zero-order valence-corrected chi connectivity index (χ0v) is 18.5. The van der Waals surface area contributed by atoms with Crippen molar-refractivity contribution in [3.8, 4) is 22.3 Å². The van der Waals surface area contributed by atoms with Crippen LogP contribution in [0.15, 0.2) is 91.5 Å². The van der Waals surface area contributed by atoms with E-state index in [2.05, 4.69) is 9.97 Å². The molecule has 0 atom stereocenters. The van der Waals surface area contributed by atoms with Gasteiger partial charge in [-0.15, -0.1) is 24.8 Å². The topological polar surface area (TPSA) is 63.2 Å². The van der Waals surface area contributed by atoms with E-state index in [1.807, 2.05) is 60.7 Å². The van der Waals surface area contributed by atoms with Crippen molar-refractivity contribution in [2.45, 2.75) is 6.54 Å². The molecule has 2 aromatic carbocycles. The fourth-order valence-corrected chi connectivity index (χ4v) is 3.74. The molecule has 7 heteroatoms. The highest BCUT2D eigenvalue weighted by Crippen LogP contribution is 2.34. The molecular weight excluding hydrogens is 445 g/mol. The van der Waals surface area contributed by atoms with Gasteiger partial charge in [0.1, 0.15) is 0 Å². The number of pyridine rings is 2. The Balaban J connectivity index is 0.00000144. The third kappa shape index (κ3) is 4.26. The van der Waals surface area contributed by atoms with Crippen molar-refractivity contribution in [1.82, 2.24) is 9.97 Å². The Morgan fingerprint density at radius 1 is 0.688 bits per heavy atom. The van der Waals surface area contributed by atoms with Crippen molar-refractivity contribution >= 4 is 42.2 Å². The molecule has 0 saturated heterocycles. The lowest BCUT2D eigenvalue weighted by atomic mass is 10.0. The minimum absolute atomic E-state index is 0. The van der Waals surface area contributed by atoms with E-state index in [1.165, 1.54) is 0 Å². The Kier molecular flexibility index (Phi) is 7.03. The van der Waals surface area contributed by atoms with Gasteiger partial charge in [-0.25, -0.2) is 0 Å². The lowest BCUT2D eigenvalue weighted by molar-refractivity contribution is -0.114. The second-order valence-corrected chi connectivity index (χ2v) is 7.14. The minimum Gasteiger partial charge on any atom is -0.300 e. The number of Topliss-reactive ketones (excluding diaryl/α,β-unsaturated/α-hetero) is 1. The second kappa shape index (κ2) is 9.73. The van der Waals surface area contributed by atoms with Crippen LogP contribution in [0.1, 0.15) is 15.9 Å². The fraction of sp³-hybridized carbons (Fsp3) is 0.0400. The molecule has 1 aliphatic rings. The van der Waals surface area contributed by atoms with Gasteiger partial charge in [-0.3, -0.25) is 19.6 Å². The summed E-state index contributed by atoms with van der Waals surface area (Å²) in [7, 11) is 0. The highest BCUT2D eigenvalue weighted by Gasteiger charge is 2.36. The maximum absolute atomic E-state index is 12.7. The number of halogens is 2. The smallest absolute Gasteiger partial charge is 0.299 e. The first kappa shape index (κ1) is 23.1. The van der Waals surface area contributed by atoms with E-state index in [1.54, 1.807) is 35.8 Å². The maximum Gasteiger partial charge on any atom is 0.299 e. The van der Waals surface area contributed by atoms with Crippen LogP contribution in [-0.4, -0.2) is 21.7 Å². The van der Waals surface area contributed by atoms with Crippen molar-refractivity contribution in [2.75, 3.05) is 4.90 Å². The van der Waals surface area contributed by atoms with Crippen LogP contribution in [0, 0.1) is 0 Å². The Morgan fingerprint density at radius 3 is 1.94 bits per heavy atom. The number of carbonyl (C=O) groups is 2. The number of hydrogen-bond acceptors (Lipinski definition) is 4. The Bertz CT molecular complexity index is 1260. The van der Waals surface area contributed by atoms with Crippen LogP contribution in [0.3, 0.4) is 0 Å². The van der Waals surface area contributed by atoms with Gasteiger partial charge in [-0.2, -0.15) is 0 Å². The molecule has 5 rings (SSSR count). The molecule has 0 radical (unpaired) electrons. The van der Waals surface area contributed by atoms with Crippen molar-refractivity contribution in [3.63, 3.8) is 0 Å². The zero-order chi connectivity index (χ0) is 20.5. The third-order valence-corrected chi connectivity index (χ3v) is 5.23. The molecule has 0 bridgehead atoms. The number of carbonyl (C=O) groups excluding carboxylic acids is 2. The summed E-state index contributed by atoms with van der Waals surface area (Å²) < 4.78 is 0. The lowest BCUT2D eigenvalue weighted by Gasteiger charge is -2.17. The van der Waals surface area contributed by atoms with Crippen molar-refractivity contribution in [3.05, 3.63) is 103 Å². The number of ketones is 1. The van der Waals surface area contributed by atoms with Gasteiger partial charge in [-0.1, -0.05) is 36.4 Å². The van der Waals surface area contributed by atoms with Gasteiger partial charge in [0.2, 0.25) is 0 Å². The van der Waals surface area contributed by atoms with Crippen LogP contribution in [-0.2, 0) is 11.3 Å². The molecule has 1 amide bonds. The van der Waals surface area contributed by atoms with E-state index in [0.29, 0.717) is 17.8 Å². The molecule has 160 valence electrons. The first-order chi connectivity index (χ1) is 14.7. The van der Waals surface area contributed by atoms with E-state index in [4.69, 9.17) is 0 Å². The van der Waals surface area contributed by atoms with Gasteiger partial charge in [0.05, 0.1) is 17.8 Å². The van der Waals surface area contributed by atoms with E-state index in [9.17, 15) is 9.59 Å². The average Bonchev–Trinajstić information content (AvgIpc) is 3.05. The molecule has 1 aliphatic heterocycles. The number of rotatable bonds is 4. The molecule has 0 spiro atoms. The summed E-state index contributed by atoms with van der Waals surface area (Å²) in [6, 6.07) is 21.1. The Labute approximate surface area is 198 Å². The van der Waals surface area contributed by atoms with Crippen LogP contribution in [0.5, 0.6) is 0 Å². The molecule has 32 heavy (non-hydrogen) atoms. The van der Waals surface area contributed by atoms with Gasteiger partial charge >= 0.3 is 0 Å². The van der Waals surface area contributed by atoms with Crippen molar-refractivity contribution in [2.24, 2.45) is 0 Å². The highest BCUT2D eigenvalue weighted by atomic mass is 35.5. The number of benzene rings is 2. The maximum atomic E-state index is 12.7. The molecule has 0 unspecified atom stereocenters. The molecule has 3 heterocycles. The first-order valence-corrected chi connectivity index (χ1v) is 9.61. The van der Waals surface area contributed by atoms with Gasteiger partial charge in [0.25, 0.3) is 11.7 Å². The quantitative estimate of drug-likeness (QED) is 0.381. The fourth-order valence-electron chi connectivity index (χ4n) is 3.74. The van der Waals surface area contributed by atoms with Crippen molar-refractivity contribution in [1.29, 1.82) is 0 Å². The minimum atomic E-state index is -0.500. The van der Waals surface area contributed by atoms with Crippen molar-refractivity contribution < 1.29 is 9.59 Å². The lowest BCUT2D eigenvalue weighted by Crippen LogP contribution is -2.29. The normalized spacial score (nSPS) is 12.1. The van der Waals surface area contributed by atoms with E-state index >= 15 is 0 Å². The van der Waals surface area contributed by atoms with E-state index in [0.717, 1.165) is 27.8 Å². The van der Waals surface area contributed by atoms with Crippen LogP contribution in [0.2, 0.25) is 0 Å².